The van der Waals surface area contributed by atoms with E-state index in [4.69, 9.17) is 0 Å². The Balaban J connectivity index is 0.945. The molecule has 0 amide bonds. The molecule has 0 aromatic heterocycles. The van der Waals surface area contributed by atoms with Crippen molar-refractivity contribution in [1.82, 2.24) is 0 Å². The van der Waals surface area contributed by atoms with Gasteiger partial charge in [-0.2, -0.15) is 0 Å². The van der Waals surface area contributed by atoms with Gasteiger partial charge in [-0.1, -0.05) is 346 Å². The molecule has 0 saturated carbocycles. The van der Waals surface area contributed by atoms with Crippen LogP contribution in [0.3, 0.4) is 0 Å². The van der Waals surface area contributed by atoms with E-state index in [9.17, 15) is 0 Å². The minimum absolute atomic E-state index is 0.644. The van der Waals surface area contributed by atoms with Gasteiger partial charge in [-0.05, 0) is 187 Å². The van der Waals surface area contributed by atoms with Crippen LogP contribution in [0.1, 0.15) is 66.8 Å². The average molecular weight is 1310 g/mol. The zero-order chi connectivity index (χ0) is 67.8. The van der Waals surface area contributed by atoms with Crippen LogP contribution in [0, 0.1) is 0 Å². The van der Waals surface area contributed by atoms with Gasteiger partial charge < -0.3 is 9.80 Å². The maximum Gasteiger partial charge on any atom is 0.0748 e. The van der Waals surface area contributed by atoms with E-state index in [-0.39, 0.29) is 0 Å². The fourth-order valence-electron chi connectivity index (χ4n) is 19.5. The van der Waals surface area contributed by atoms with E-state index in [1.165, 1.54) is 122 Å². The Morgan fingerprint density at radius 1 is 0.165 bits per heavy atom. The Kier molecular flexibility index (Phi) is 13.1. The highest BCUT2D eigenvalue weighted by molar-refractivity contribution is 6.21. The van der Waals surface area contributed by atoms with Gasteiger partial charge in [0.15, 0.2) is 0 Å². The van der Waals surface area contributed by atoms with Gasteiger partial charge in [0.2, 0.25) is 0 Å². The predicted octanol–water partition coefficient (Wildman–Crippen LogP) is 25.7. The molecular formula is C101H66N2. The first-order chi connectivity index (χ1) is 51.2. The molecule has 2 aliphatic heterocycles. The smallest absolute Gasteiger partial charge is 0.0748 e. The zero-order valence-corrected chi connectivity index (χ0v) is 56.5. The van der Waals surface area contributed by atoms with Crippen LogP contribution in [0.25, 0.3) is 77.2 Å². The summed E-state index contributed by atoms with van der Waals surface area (Å²) in [6.07, 6.45) is 0. The van der Waals surface area contributed by atoms with Crippen molar-refractivity contribution in [2.45, 2.75) is 16.2 Å². The molecule has 1 spiro atoms. The molecule has 0 fully saturated rings. The van der Waals surface area contributed by atoms with Crippen molar-refractivity contribution in [3.05, 3.63) is 467 Å². The normalized spacial score (nSPS) is 14.2. The van der Waals surface area contributed by atoms with Gasteiger partial charge in [-0.25, -0.2) is 0 Å². The maximum atomic E-state index is 2.60. The van der Waals surface area contributed by atoms with Crippen molar-refractivity contribution in [2.75, 3.05) is 9.80 Å². The van der Waals surface area contributed by atoms with Crippen LogP contribution in [0.15, 0.2) is 400 Å². The number of nitrogens with zero attached hydrogens (tertiary/aromatic N) is 2. The highest BCUT2D eigenvalue weighted by atomic mass is 15.2. The van der Waals surface area contributed by atoms with Crippen LogP contribution in [-0.4, -0.2) is 0 Å². The van der Waals surface area contributed by atoms with Gasteiger partial charge in [-0.3, -0.25) is 0 Å². The second-order valence-electron chi connectivity index (χ2n) is 27.9. The Bertz CT molecular complexity index is 5810. The quantitative estimate of drug-likeness (QED) is 0.133. The summed E-state index contributed by atoms with van der Waals surface area (Å²) in [5.74, 6) is 0. The van der Waals surface area contributed by atoms with Gasteiger partial charge in [0.1, 0.15) is 0 Å². The van der Waals surface area contributed by atoms with E-state index in [1.807, 2.05) is 0 Å². The van der Waals surface area contributed by atoms with E-state index in [2.05, 4.69) is 410 Å². The number of hydrogen-bond donors (Lipinski definition) is 0. The Labute approximate surface area is 600 Å². The monoisotopic (exact) mass is 1310 g/mol. The van der Waals surface area contributed by atoms with E-state index in [0.717, 1.165) is 56.4 Å². The maximum absolute atomic E-state index is 2.60. The molecule has 17 aromatic carbocycles. The lowest BCUT2D eigenvalue weighted by Gasteiger charge is -2.47. The molecule has 0 atom stereocenters. The first-order valence-electron chi connectivity index (χ1n) is 36.0. The largest absolute Gasteiger partial charge is 0.310 e. The van der Waals surface area contributed by atoms with Gasteiger partial charge in [-0.15, -0.1) is 0 Å². The Morgan fingerprint density at radius 3 is 0.835 bits per heavy atom. The molecule has 0 N–H and O–H groups in total. The lowest BCUT2D eigenvalue weighted by Crippen LogP contribution is -2.38. The molecule has 4 aliphatic rings. The second-order valence-corrected chi connectivity index (χ2v) is 27.9. The molecule has 2 nitrogen and oxygen atoms in total. The Hall–Kier alpha value is -13.1. The average Bonchev–Trinajstić information content (AvgIpc) is 1.67. The molecule has 17 aromatic rings. The lowest BCUT2D eigenvalue weighted by atomic mass is 9.60. The molecule has 2 heterocycles. The topological polar surface area (TPSA) is 6.48 Å². The molecule has 0 unspecified atom stereocenters. The number of benzene rings is 17. The predicted molar refractivity (Wildman–Crippen MR) is 427 cm³/mol. The molecule has 21 rings (SSSR count). The zero-order valence-electron chi connectivity index (χ0n) is 56.5. The summed E-state index contributed by atoms with van der Waals surface area (Å²) in [6.45, 7) is 0. The highest BCUT2D eigenvalue weighted by Crippen LogP contribution is 2.67. The minimum atomic E-state index is -0.798. The summed E-state index contributed by atoms with van der Waals surface area (Å²) in [4.78, 5) is 5.04. The summed E-state index contributed by atoms with van der Waals surface area (Å²) in [5, 5.41) is 4.70. The summed E-state index contributed by atoms with van der Waals surface area (Å²) < 4.78 is 0. The fraction of sp³-hybridized carbons (Fsp3) is 0.0297. The molecule has 2 aliphatic carbocycles. The first-order valence-corrected chi connectivity index (χ1v) is 36.0. The molecule has 0 bridgehead atoms. The van der Waals surface area contributed by atoms with E-state index in [0.29, 0.717) is 0 Å². The van der Waals surface area contributed by atoms with Crippen molar-refractivity contribution in [3.63, 3.8) is 0 Å². The van der Waals surface area contributed by atoms with Crippen LogP contribution in [0.2, 0.25) is 0 Å². The van der Waals surface area contributed by atoms with E-state index in [1.54, 1.807) is 0 Å². The standard InChI is InChI=1S/C101H66N2/c1-7-34-67(35-8-1)99(68-36-9-2-10-37-68)89-60-25-27-62-91(89)102(71-42-15-5-16-43-71)93-64-32-54-80(97(93)99)73-49-29-51-78-84(73)66-85-74(50-30-52-79(85)95(78)83-56-31-53-82-77-48-21-24-59-88(77)101(96(82)83)86-57-22-19-46-75(86)76-47-20-23-58-87(76)101)81-55-33-65-94-98(81)100(69-38-11-3-12-39-69,70-40-13-4-14-41-70)90-61-26-28-63-92(90)103(94)72-44-17-6-18-45-72/h1-66H. The molecule has 103 heavy (non-hydrogen) atoms. The van der Waals surface area contributed by atoms with Gasteiger partial charge in [0.05, 0.1) is 39.0 Å². The molecule has 0 radical (unpaired) electrons. The van der Waals surface area contributed by atoms with Gasteiger partial charge >= 0.3 is 0 Å². The van der Waals surface area contributed by atoms with E-state index >= 15 is 0 Å². The number of hydrogen-bond acceptors (Lipinski definition) is 2. The van der Waals surface area contributed by atoms with Gasteiger partial charge in [0, 0.05) is 22.5 Å². The van der Waals surface area contributed by atoms with Crippen molar-refractivity contribution in [2.24, 2.45) is 0 Å². The van der Waals surface area contributed by atoms with Crippen LogP contribution >= 0.6 is 0 Å². The first kappa shape index (κ1) is 58.8. The third-order valence-corrected chi connectivity index (χ3v) is 23.2. The second kappa shape index (κ2) is 23.0. The highest BCUT2D eigenvalue weighted by Gasteiger charge is 2.54. The minimum Gasteiger partial charge on any atom is -0.310 e. The van der Waals surface area contributed by atoms with Gasteiger partial charge in [0.25, 0.3) is 0 Å². The lowest BCUT2D eigenvalue weighted by molar-refractivity contribution is 0.733. The molecular weight excluding hydrogens is 1240 g/mol. The van der Waals surface area contributed by atoms with Crippen LogP contribution in [0.5, 0.6) is 0 Å². The third kappa shape index (κ3) is 8.09. The summed E-state index contributed by atoms with van der Waals surface area (Å²) in [5.41, 5.74) is 31.6. The number of para-hydroxylation sites is 4. The Morgan fingerprint density at radius 2 is 0.437 bits per heavy atom. The number of fused-ring (bicyclic) bond motifs is 16. The van der Waals surface area contributed by atoms with Crippen molar-refractivity contribution in [3.8, 4) is 55.6 Å². The number of anilines is 6. The van der Waals surface area contributed by atoms with Crippen LogP contribution in [0.4, 0.5) is 34.1 Å². The SMILES string of the molecule is c1ccc(N2c3ccccc3C(c3ccccc3)(c3ccccc3)c3c(-c4cccc5c(-c6cccc7c6C6(c8ccccc8-c8ccccc86)c6ccccc6-7)c6cccc(-c7cccc8c7C(c7ccccc7)(c7ccccc7)c7ccccc7N8c7ccccc7)c6cc45)cccc32)cc1. The van der Waals surface area contributed by atoms with Crippen LogP contribution < -0.4 is 9.80 Å². The van der Waals surface area contributed by atoms with Crippen molar-refractivity contribution >= 4 is 55.7 Å². The summed E-state index contributed by atoms with van der Waals surface area (Å²) >= 11 is 0. The van der Waals surface area contributed by atoms with Crippen molar-refractivity contribution < 1.29 is 0 Å². The number of rotatable bonds is 9. The molecule has 480 valence electrons. The van der Waals surface area contributed by atoms with E-state index < -0.39 is 16.2 Å². The fourth-order valence-corrected chi connectivity index (χ4v) is 19.5. The third-order valence-electron chi connectivity index (χ3n) is 23.2. The van der Waals surface area contributed by atoms with Crippen molar-refractivity contribution in [1.29, 1.82) is 0 Å². The summed E-state index contributed by atoms with van der Waals surface area (Å²) in [7, 11) is 0. The summed E-state index contributed by atoms with van der Waals surface area (Å²) in [6, 6.07) is 152. The molecule has 2 heteroatoms. The molecule has 0 saturated heterocycles. The van der Waals surface area contributed by atoms with Crippen LogP contribution in [-0.2, 0) is 16.2 Å².